The lowest BCUT2D eigenvalue weighted by molar-refractivity contribution is 0.417. The Morgan fingerprint density at radius 3 is 2.93 bits per heavy atom. The van der Waals surface area contributed by atoms with Gasteiger partial charge in [-0.2, -0.15) is 0 Å². The van der Waals surface area contributed by atoms with Crippen molar-refractivity contribution < 1.29 is 0 Å². The van der Waals surface area contributed by atoms with E-state index in [2.05, 4.69) is 14.9 Å². The summed E-state index contributed by atoms with van der Waals surface area (Å²) in [6.07, 6.45) is 8.79. The highest BCUT2D eigenvalue weighted by Gasteiger charge is 2.21. The SMILES string of the molecule is CNC(CC1CCCC1)c1cnns1. The number of nitrogens with one attached hydrogen (secondary N) is 1. The Balaban J connectivity index is 1.93. The maximum absolute atomic E-state index is 3.92. The van der Waals surface area contributed by atoms with Gasteiger partial charge < -0.3 is 5.32 Å². The van der Waals surface area contributed by atoms with Crippen LogP contribution in [0.3, 0.4) is 0 Å². The van der Waals surface area contributed by atoms with Gasteiger partial charge in [-0.15, -0.1) is 5.10 Å². The number of hydrogen-bond acceptors (Lipinski definition) is 4. The van der Waals surface area contributed by atoms with Crippen LogP contribution in [0.4, 0.5) is 0 Å². The summed E-state index contributed by atoms with van der Waals surface area (Å²) in [7, 11) is 2.03. The van der Waals surface area contributed by atoms with Crippen molar-refractivity contribution in [1.82, 2.24) is 14.9 Å². The Labute approximate surface area is 89.1 Å². The molecule has 0 aromatic carbocycles. The highest BCUT2D eigenvalue weighted by molar-refractivity contribution is 7.05. The summed E-state index contributed by atoms with van der Waals surface area (Å²) in [6.45, 7) is 0. The first-order chi connectivity index (χ1) is 6.90. The third kappa shape index (κ3) is 2.30. The quantitative estimate of drug-likeness (QED) is 0.831. The molecule has 0 spiro atoms. The minimum atomic E-state index is 0.470. The molecule has 78 valence electrons. The molecule has 1 heterocycles. The van der Waals surface area contributed by atoms with Gasteiger partial charge >= 0.3 is 0 Å². The largest absolute Gasteiger partial charge is 0.312 e. The predicted molar refractivity (Wildman–Crippen MR) is 58.3 cm³/mol. The van der Waals surface area contributed by atoms with Crippen LogP contribution in [0.1, 0.15) is 43.0 Å². The number of aromatic nitrogens is 2. The van der Waals surface area contributed by atoms with Crippen molar-refractivity contribution in [3.05, 3.63) is 11.1 Å². The number of rotatable bonds is 4. The van der Waals surface area contributed by atoms with Gasteiger partial charge in [-0.25, -0.2) is 0 Å². The van der Waals surface area contributed by atoms with Crippen LogP contribution in [0.25, 0.3) is 0 Å². The average Bonchev–Trinajstić information content (AvgIpc) is 2.86. The van der Waals surface area contributed by atoms with E-state index in [0.717, 1.165) is 5.92 Å². The van der Waals surface area contributed by atoms with E-state index >= 15 is 0 Å². The van der Waals surface area contributed by atoms with E-state index in [9.17, 15) is 0 Å². The Hall–Kier alpha value is -0.480. The lowest BCUT2D eigenvalue weighted by Gasteiger charge is -2.17. The second-order valence-electron chi connectivity index (χ2n) is 4.05. The summed E-state index contributed by atoms with van der Waals surface area (Å²) >= 11 is 1.52. The van der Waals surface area contributed by atoms with Crippen LogP contribution in [0, 0.1) is 5.92 Å². The molecule has 1 aromatic heterocycles. The summed E-state index contributed by atoms with van der Waals surface area (Å²) in [5.41, 5.74) is 0. The molecule has 1 N–H and O–H groups in total. The van der Waals surface area contributed by atoms with Crippen molar-refractivity contribution in [3.8, 4) is 0 Å². The number of nitrogens with zero attached hydrogens (tertiary/aromatic N) is 2. The molecule has 4 heteroatoms. The van der Waals surface area contributed by atoms with E-state index in [1.165, 1.54) is 48.5 Å². The molecule has 1 atom stereocenters. The second kappa shape index (κ2) is 4.84. The average molecular weight is 211 g/mol. The standard InChI is InChI=1S/C10H17N3S/c1-11-9(10-7-12-13-14-10)6-8-4-2-3-5-8/h7-9,11H,2-6H2,1H3. The minimum absolute atomic E-state index is 0.470. The van der Waals surface area contributed by atoms with Crippen LogP contribution in [0.2, 0.25) is 0 Å². The summed E-state index contributed by atoms with van der Waals surface area (Å²) in [5.74, 6) is 0.912. The molecule has 0 amide bonds. The fraction of sp³-hybridized carbons (Fsp3) is 0.800. The molecule has 0 saturated heterocycles. The van der Waals surface area contributed by atoms with Gasteiger partial charge in [0.05, 0.1) is 11.1 Å². The van der Waals surface area contributed by atoms with Crippen LogP contribution in [0.15, 0.2) is 6.20 Å². The Morgan fingerprint density at radius 1 is 1.57 bits per heavy atom. The Kier molecular flexibility index (Phi) is 3.48. The highest BCUT2D eigenvalue weighted by Crippen LogP contribution is 2.33. The molecule has 1 aromatic rings. The van der Waals surface area contributed by atoms with Crippen molar-refractivity contribution >= 4 is 11.5 Å². The van der Waals surface area contributed by atoms with Crippen molar-refractivity contribution in [2.75, 3.05) is 7.05 Å². The fourth-order valence-electron chi connectivity index (χ4n) is 2.28. The molecule has 0 aliphatic heterocycles. The van der Waals surface area contributed by atoms with Crippen LogP contribution in [0.5, 0.6) is 0 Å². The first kappa shape index (κ1) is 10.1. The van der Waals surface area contributed by atoms with E-state index < -0.39 is 0 Å². The predicted octanol–water partition coefficient (Wildman–Crippen LogP) is 2.38. The van der Waals surface area contributed by atoms with Crippen molar-refractivity contribution in [3.63, 3.8) is 0 Å². The van der Waals surface area contributed by atoms with Gasteiger partial charge in [-0.3, -0.25) is 0 Å². The zero-order chi connectivity index (χ0) is 9.80. The zero-order valence-electron chi connectivity index (χ0n) is 8.57. The van der Waals surface area contributed by atoms with E-state index in [0.29, 0.717) is 6.04 Å². The first-order valence-corrected chi connectivity index (χ1v) is 6.12. The van der Waals surface area contributed by atoms with Gasteiger partial charge in [0, 0.05) is 6.04 Å². The van der Waals surface area contributed by atoms with Gasteiger partial charge in [0.15, 0.2) is 0 Å². The normalized spacial score (nSPS) is 20.1. The summed E-state index contributed by atoms with van der Waals surface area (Å²) in [4.78, 5) is 1.28. The van der Waals surface area contributed by atoms with Gasteiger partial charge in [0.1, 0.15) is 0 Å². The number of hydrogen-bond donors (Lipinski definition) is 1. The van der Waals surface area contributed by atoms with Crippen LogP contribution < -0.4 is 5.32 Å². The van der Waals surface area contributed by atoms with Crippen LogP contribution >= 0.6 is 11.5 Å². The topological polar surface area (TPSA) is 37.8 Å². The van der Waals surface area contributed by atoms with Crippen LogP contribution in [-0.4, -0.2) is 16.6 Å². The molecule has 1 fully saturated rings. The molecule has 1 aliphatic rings. The molecule has 0 bridgehead atoms. The Morgan fingerprint density at radius 2 is 2.36 bits per heavy atom. The summed E-state index contributed by atoms with van der Waals surface area (Å²) < 4.78 is 3.92. The van der Waals surface area contributed by atoms with Crippen molar-refractivity contribution in [2.24, 2.45) is 5.92 Å². The smallest absolute Gasteiger partial charge is 0.0669 e. The summed E-state index contributed by atoms with van der Waals surface area (Å²) in [5, 5.41) is 7.26. The third-order valence-electron chi connectivity index (χ3n) is 3.11. The molecule has 14 heavy (non-hydrogen) atoms. The van der Waals surface area contributed by atoms with Gasteiger partial charge in [0.2, 0.25) is 0 Å². The lowest BCUT2D eigenvalue weighted by atomic mass is 9.98. The Bertz CT molecular complexity index is 254. The molecule has 3 nitrogen and oxygen atoms in total. The second-order valence-corrected chi connectivity index (χ2v) is 4.86. The molecular weight excluding hydrogens is 194 g/mol. The molecule has 0 radical (unpaired) electrons. The van der Waals surface area contributed by atoms with Gasteiger partial charge in [-0.05, 0) is 30.9 Å². The van der Waals surface area contributed by atoms with E-state index in [1.807, 2.05) is 13.2 Å². The highest BCUT2D eigenvalue weighted by atomic mass is 32.1. The molecule has 1 unspecified atom stereocenters. The van der Waals surface area contributed by atoms with E-state index in [-0.39, 0.29) is 0 Å². The fourth-order valence-corrected chi connectivity index (χ4v) is 2.91. The minimum Gasteiger partial charge on any atom is -0.312 e. The first-order valence-electron chi connectivity index (χ1n) is 5.34. The maximum atomic E-state index is 3.92. The van der Waals surface area contributed by atoms with Gasteiger partial charge in [-0.1, -0.05) is 30.2 Å². The molecule has 2 rings (SSSR count). The molecule has 1 aliphatic carbocycles. The van der Waals surface area contributed by atoms with Crippen LogP contribution in [-0.2, 0) is 0 Å². The van der Waals surface area contributed by atoms with Crippen molar-refractivity contribution in [1.29, 1.82) is 0 Å². The summed E-state index contributed by atoms with van der Waals surface area (Å²) in [6, 6.07) is 0.470. The van der Waals surface area contributed by atoms with E-state index in [4.69, 9.17) is 0 Å². The van der Waals surface area contributed by atoms with Crippen molar-refractivity contribution in [2.45, 2.75) is 38.1 Å². The maximum Gasteiger partial charge on any atom is 0.0669 e. The van der Waals surface area contributed by atoms with Gasteiger partial charge in [0.25, 0.3) is 0 Å². The third-order valence-corrected chi connectivity index (χ3v) is 3.89. The molecule has 1 saturated carbocycles. The monoisotopic (exact) mass is 211 g/mol. The van der Waals surface area contributed by atoms with E-state index in [1.54, 1.807) is 0 Å². The molecular formula is C10H17N3S. The zero-order valence-corrected chi connectivity index (χ0v) is 9.39. The lowest BCUT2D eigenvalue weighted by Crippen LogP contribution is -2.18.